The number of fused-ring (bicyclic) bond motifs is 1. The molecule has 0 aliphatic heterocycles. The second-order valence-electron chi connectivity index (χ2n) is 6.77. The van der Waals surface area contributed by atoms with Crippen molar-refractivity contribution < 1.29 is 4.74 Å². The first-order valence-electron chi connectivity index (χ1n) is 9.45. The van der Waals surface area contributed by atoms with E-state index in [1.54, 1.807) is 6.20 Å². The average molecular weight is 440 g/mol. The van der Waals surface area contributed by atoms with E-state index in [-0.39, 0.29) is 0 Å². The zero-order chi connectivity index (χ0) is 19.3. The summed E-state index contributed by atoms with van der Waals surface area (Å²) in [5.74, 6) is 1.52. The largest absolute Gasteiger partial charge is 0.435 e. The molecule has 6 nitrogen and oxygen atoms in total. The van der Waals surface area contributed by atoms with Crippen molar-refractivity contribution in [2.45, 2.75) is 32.1 Å². The number of anilines is 2. The van der Waals surface area contributed by atoms with Crippen molar-refractivity contribution in [3.8, 4) is 11.6 Å². The van der Waals surface area contributed by atoms with Crippen LogP contribution < -0.4 is 15.8 Å². The van der Waals surface area contributed by atoms with E-state index in [1.165, 1.54) is 37.6 Å². The fraction of sp³-hybridized carbons (Fsp3) is 0.286. The molecule has 0 saturated carbocycles. The lowest BCUT2D eigenvalue weighted by atomic mass is 9.97. The highest BCUT2D eigenvalue weighted by molar-refractivity contribution is 9.10. The number of nitrogen functional groups attached to an aromatic ring is 1. The Bertz CT molecular complexity index is 1020. The standard InChI is InChI=1S/C21H22BrN5O/c22-16-8-9-17(19-15(16)7-4-11-24-19)28-21-18(23)20(26-13-27-21)25-12-10-14-5-2-1-3-6-14/h4-5,7-9,11,13H,1-3,6,10,12,23H2,(H,25,26,27). The van der Waals surface area contributed by atoms with Crippen molar-refractivity contribution in [1.29, 1.82) is 0 Å². The smallest absolute Gasteiger partial charge is 0.248 e. The molecule has 0 amide bonds. The summed E-state index contributed by atoms with van der Waals surface area (Å²) < 4.78 is 6.96. The molecule has 3 N–H and O–H groups in total. The minimum Gasteiger partial charge on any atom is -0.435 e. The molecular formula is C21H22BrN5O. The number of pyridine rings is 1. The van der Waals surface area contributed by atoms with Gasteiger partial charge >= 0.3 is 0 Å². The Hall–Kier alpha value is -2.67. The molecule has 4 rings (SSSR count). The van der Waals surface area contributed by atoms with Gasteiger partial charge in [0.25, 0.3) is 0 Å². The maximum Gasteiger partial charge on any atom is 0.248 e. The molecule has 1 aromatic carbocycles. The lowest BCUT2D eigenvalue weighted by Gasteiger charge is -2.15. The van der Waals surface area contributed by atoms with Gasteiger partial charge in [-0.25, -0.2) is 4.98 Å². The van der Waals surface area contributed by atoms with Gasteiger partial charge in [0.2, 0.25) is 5.88 Å². The fourth-order valence-electron chi connectivity index (χ4n) is 3.37. The summed E-state index contributed by atoms with van der Waals surface area (Å²) in [6.45, 7) is 0.787. The molecule has 28 heavy (non-hydrogen) atoms. The third-order valence-corrected chi connectivity index (χ3v) is 5.55. The highest BCUT2D eigenvalue weighted by Crippen LogP contribution is 2.35. The van der Waals surface area contributed by atoms with Gasteiger partial charge in [-0.15, -0.1) is 0 Å². The van der Waals surface area contributed by atoms with Gasteiger partial charge in [0.05, 0.1) is 0 Å². The molecule has 144 valence electrons. The van der Waals surface area contributed by atoms with Crippen molar-refractivity contribution in [3.63, 3.8) is 0 Å². The van der Waals surface area contributed by atoms with E-state index in [2.05, 4.69) is 42.3 Å². The second kappa shape index (κ2) is 8.56. The number of hydrogen-bond donors (Lipinski definition) is 2. The van der Waals surface area contributed by atoms with Crippen LogP contribution >= 0.6 is 15.9 Å². The summed E-state index contributed by atoms with van der Waals surface area (Å²) in [5, 5.41) is 4.28. The van der Waals surface area contributed by atoms with Crippen molar-refractivity contribution in [1.82, 2.24) is 15.0 Å². The molecule has 0 saturated heterocycles. The molecule has 0 spiro atoms. The highest BCUT2D eigenvalue weighted by Gasteiger charge is 2.13. The van der Waals surface area contributed by atoms with Crippen LogP contribution in [0.15, 0.2) is 52.9 Å². The number of allylic oxidation sites excluding steroid dienone is 1. The second-order valence-corrected chi connectivity index (χ2v) is 7.63. The molecule has 0 atom stereocenters. The maximum absolute atomic E-state index is 6.27. The first kappa shape index (κ1) is 18.7. The molecule has 2 heterocycles. The quantitative estimate of drug-likeness (QED) is 0.495. The van der Waals surface area contributed by atoms with Crippen LogP contribution in [0.1, 0.15) is 32.1 Å². The van der Waals surface area contributed by atoms with Crippen molar-refractivity contribution >= 4 is 38.3 Å². The number of rotatable bonds is 6. The van der Waals surface area contributed by atoms with Crippen LogP contribution in [0.2, 0.25) is 0 Å². The molecule has 0 unspecified atom stereocenters. The van der Waals surface area contributed by atoms with Gasteiger partial charge in [0.15, 0.2) is 11.6 Å². The summed E-state index contributed by atoms with van der Waals surface area (Å²) in [7, 11) is 0. The third-order valence-electron chi connectivity index (χ3n) is 4.86. The van der Waals surface area contributed by atoms with Crippen LogP contribution in [0.5, 0.6) is 11.6 Å². The van der Waals surface area contributed by atoms with E-state index in [9.17, 15) is 0 Å². The van der Waals surface area contributed by atoms with E-state index in [1.807, 2.05) is 24.3 Å². The first-order valence-corrected chi connectivity index (χ1v) is 10.2. The van der Waals surface area contributed by atoms with Crippen LogP contribution in [0.3, 0.4) is 0 Å². The molecule has 7 heteroatoms. The molecule has 3 aromatic rings. The first-order chi connectivity index (χ1) is 13.7. The lowest BCUT2D eigenvalue weighted by molar-refractivity contribution is 0.468. The van der Waals surface area contributed by atoms with Gasteiger partial charge in [0.1, 0.15) is 17.5 Å². The predicted octanol–water partition coefficient (Wildman–Crippen LogP) is 5.46. The van der Waals surface area contributed by atoms with E-state index >= 15 is 0 Å². The minimum atomic E-state index is 0.323. The minimum absolute atomic E-state index is 0.323. The molecule has 2 aromatic heterocycles. The molecular weight excluding hydrogens is 418 g/mol. The van der Waals surface area contributed by atoms with Crippen LogP contribution in [0.25, 0.3) is 10.9 Å². The number of nitrogens with one attached hydrogen (secondary N) is 1. The highest BCUT2D eigenvalue weighted by atomic mass is 79.9. The number of aromatic nitrogens is 3. The average Bonchev–Trinajstić information content (AvgIpc) is 2.73. The number of hydrogen-bond acceptors (Lipinski definition) is 6. The van der Waals surface area contributed by atoms with Gasteiger partial charge in [-0.05, 0) is 50.3 Å². The summed E-state index contributed by atoms with van der Waals surface area (Å²) in [5.41, 5.74) is 8.92. The van der Waals surface area contributed by atoms with E-state index in [4.69, 9.17) is 10.5 Å². The topological polar surface area (TPSA) is 86.0 Å². The number of benzene rings is 1. The zero-order valence-corrected chi connectivity index (χ0v) is 17.1. The van der Waals surface area contributed by atoms with E-state index in [0.717, 1.165) is 28.3 Å². The van der Waals surface area contributed by atoms with E-state index < -0.39 is 0 Å². The van der Waals surface area contributed by atoms with Crippen LogP contribution in [0.4, 0.5) is 11.5 Å². The number of nitrogens with zero attached hydrogens (tertiary/aromatic N) is 3. The van der Waals surface area contributed by atoms with Crippen LogP contribution in [-0.2, 0) is 0 Å². The Labute approximate surface area is 172 Å². The number of nitrogens with two attached hydrogens (primary N) is 1. The maximum atomic E-state index is 6.27. The third kappa shape index (κ3) is 4.09. The summed E-state index contributed by atoms with van der Waals surface area (Å²) in [4.78, 5) is 12.9. The molecule has 1 aliphatic carbocycles. The van der Waals surface area contributed by atoms with E-state index in [0.29, 0.717) is 23.1 Å². The Morgan fingerprint density at radius 3 is 2.93 bits per heavy atom. The monoisotopic (exact) mass is 439 g/mol. The zero-order valence-electron chi connectivity index (χ0n) is 15.5. The summed E-state index contributed by atoms with van der Waals surface area (Å²) >= 11 is 3.54. The Morgan fingerprint density at radius 1 is 1.14 bits per heavy atom. The van der Waals surface area contributed by atoms with Crippen molar-refractivity contribution in [3.05, 3.63) is 52.9 Å². The van der Waals surface area contributed by atoms with Crippen LogP contribution in [-0.4, -0.2) is 21.5 Å². The van der Waals surface area contributed by atoms with Gasteiger partial charge in [0, 0.05) is 22.6 Å². The van der Waals surface area contributed by atoms with Crippen LogP contribution in [0, 0.1) is 0 Å². The van der Waals surface area contributed by atoms with Crippen molar-refractivity contribution in [2.24, 2.45) is 0 Å². The normalized spacial score (nSPS) is 14.0. The van der Waals surface area contributed by atoms with Gasteiger partial charge in [-0.3, -0.25) is 4.98 Å². The van der Waals surface area contributed by atoms with Gasteiger partial charge < -0.3 is 15.8 Å². The van der Waals surface area contributed by atoms with Gasteiger partial charge in [-0.2, -0.15) is 4.98 Å². The molecule has 0 fully saturated rings. The molecule has 0 bridgehead atoms. The summed E-state index contributed by atoms with van der Waals surface area (Å²) in [6.07, 6.45) is 11.5. The number of halogens is 1. The summed E-state index contributed by atoms with van der Waals surface area (Å²) in [6, 6.07) is 7.65. The molecule has 0 radical (unpaired) electrons. The van der Waals surface area contributed by atoms with Gasteiger partial charge in [-0.1, -0.05) is 33.6 Å². The van der Waals surface area contributed by atoms with Crippen molar-refractivity contribution in [2.75, 3.05) is 17.6 Å². The predicted molar refractivity (Wildman–Crippen MR) is 116 cm³/mol. The SMILES string of the molecule is Nc1c(NCCC2=CCCCC2)ncnc1Oc1ccc(Br)c2cccnc12. The Balaban J connectivity index is 1.51. The number of ether oxygens (including phenoxy) is 1. The lowest BCUT2D eigenvalue weighted by Crippen LogP contribution is -2.09. The Morgan fingerprint density at radius 2 is 2.07 bits per heavy atom. The fourth-order valence-corrected chi connectivity index (χ4v) is 3.83. The molecule has 1 aliphatic rings. The Kier molecular flexibility index (Phi) is 5.71.